The number of methoxy groups -OCH3 is 2. The minimum absolute atomic E-state index is 0.165. The number of ether oxygens (including phenoxy) is 2. The number of hydrogen-bond acceptors (Lipinski definition) is 4. The Kier molecular flexibility index (Phi) is 11.2. The standard InChI is InChI=1S/C66H68N4O2/c1-63(2)57(69(9)55-35-31-45-19-13-15-21-49(45)61(55)63)23-17-25-59-65(5,51-39-47(71-11)33-37-53(51)67(59)7)41-43-27-29-44(30-28-43)42-66(6)52-40-48(72-12)34-38-54(52)68(8)60(66)26-18-24-58-64(3,4)62-50-22-16-14-20-46(50)32-36-56(62)70(58)10/h13-40H,41-42H2,1-12H3/q+2. The maximum Gasteiger partial charge on any atom is 0.210 e. The highest BCUT2D eigenvalue weighted by atomic mass is 16.5. The zero-order valence-electron chi connectivity index (χ0n) is 44.2. The van der Waals surface area contributed by atoms with Crippen molar-refractivity contribution in [3.63, 3.8) is 0 Å². The topological polar surface area (TPSA) is 31.0 Å². The van der Waals surface area contributed by atoms with E-state index in [0.29, 0.717) is 0 Å². The molecule has 4 aliphatic heterocycles. The molecule has 11 rings (SSSR count). The molecule has 0 amide bonds. The van der Waals surface area contributed by atoms with Crippen LogP contribution in [0.3, 0.4) is 0 Å². The minimum atomic E-state index is -0.322. The maximum absolute atomic E-state index is 5.85. The molecular formula is C66H68N4O2+2. The van der Waals surface area contributed by atoms with Gasteiger partial charge in [0.25, 0.3) is 0 Å². The van der Waals surface area contributed by atoms with Crippen molar-refractivity contribution < 1.29 is 18.6 Å². The van der Waals surface area contributed by atoms with Gasteiger partial charge in [-0.05, 0) is 159 Å². The molecule has 0 aromatic heterocycles. The first-order valence-corrected chi connectivity index (χ1v) is 25.5. The number of allylic oxidation sites excluding steroid dienone is 8. The van der Waals surface area contributed by atoms with Gasteiger partial charge in [0.05, 0.1) is 25.0 Å². The molecule has 6 heteroatoms. The molecule has 0 N–H and O–H groups in total. The lowest BCUT2D eigenvalue weighted by Gasteiger charge is -2.30. The van der Waals surface area contributed by atoms with Gasteiger partial charge in [-0.2, -0.15) is 9.15 Å². The summed E-state index contributed by atoms with van der Waals surface area (Å²) in [6, 6.07) is 49.1. The average Bonchev–Trinajstić information content (AvgIpc) is 3.89. The van der Waals surface area contributed by atoms with E-state index >= 15 is 0 Å². The predicted molar refractivity (Wildman–Crippen MR) is 301 cm³/mol. The summed E-state index contributed by atoms with van der Waals surface area (Å²) in [6.07, 6.45) is 15.6. The molecule has 0 spiro atoms. The van der Waals surface area contributed by atoms with Gasteiger partial charge in [-0.1, -0.05) is 84.9 Å². The van der Waals surface area contributed by atoms with Gasteiger partial charge in [0.1, 0.15) is 25.6 Å². The molecule has 6 nitrogen and oxygen atoms in total. The summed E-state index contributed by atoms with van der Waals surface area (Å²) in [5, 5.41) is 5.21. The Morgan fingerprint density at radius 1 is 0.486 bits per heavy atom. The zero-order chi connectivity index (χ0) is 50.5. The van der Waals surface area contributed by atoms with E-state index in [0.717, 1.165) is 24.3 Å². The summed E-state index contributed by atoms with van der Waals surface area (Å²) in [5.41, 5.74) is 17.0. The predicted octanol–water partition coefficient (Wildman–Crippen LogP) is 14.2. The Morgan fingerprint density at radius 2 is 0.875 bits per heavy atom. The normalized spacial score (nSPS) is 21.8. The van der Waals surface area contributed by atoms with Gasteiger partial charge in [0.2, 0.25) is 11.4 Å². The molecule has 0 aliphatic carbocycles. The van der Waals surface area contributed by atoms with Gasteiger partial charge < -0.3 is 19.3 Å². The Balaban J connectivity index is 0.904. The molecule has 0 fully saturated rings. The van der Waals surface area contributed by atoms with E-state index in [1.54, 1.807) is 14.2 Å². The van der Waals surface area contributed by atoms with Crippen LogP contribution in [0.5, 0.6) is 11.5 Å². The van der Waals surface area contributed by atoms with Crippen molar-refractivity contribution in [1.29, 1.82) is 0 Å². The molecule has 0 radical (unpaired) electrons. The number of fused-ring (bicyclic) bond motifs is 8. The first kappa shape index (κ1) is 46.9. The Hall–Kier alpha value is -7.44. The van der Waals surface area contributed by atoms with Crippen LogP contribution in [-0.2, 0) is 34.5 Å². The van der Waals surface area contributed by atoms with Crippen LogP contribution in [0.1, 0.15) is 74.9 Å². The second kappa shape index (κ2) is 17.1. The summed E-state index contributed by atoms with van der Waals surface area (Å²) < 4.78 is 16.4. The number of nitrogens with zero attached hydrogens (tertiary/aromatic N) is 4. The van der Waals surface area contributed by atoms with Crippen molar-refractivity contribution in [2.45, 2.75) is 76.0 Å². The van der Waals surface area contributed by atoms with Crippen molar-refractivity contribution in [1.82, 2.24) is 0 Å². The molecule has 4 heterocycles. The molecule has 2 atom stereocenters. The summed E-state index contributed by atoms with van der Waals surface area (Å²) >= 11 is 0. The number of benzene rings is 7. The van der Waals surface area contributed by atoms with Crippen LogP contribution in [0.4, 0.5) is 22.7 Å². The van der Waals surface area contributed by atoms with Crippen molar-refractivity contribution in [3.05, 3.63) is 215 Å². The van der Waals surface area contributed by atoms with E-state index < -0.39 is 0 Å². The first-order chi connectivity index (χ1) is 34.5. The second-order valence-corrected chi connectivity index (χ2v) is 22.0. The summed E-state index contributed by atoms with van der Waals surface area (Å²) in [6.45, 7) is 14.2. The van der Waals surface area contributed by atoms with E-state index in [1.165, 1.54) is 100 Å². The highest BCUT2D eigenvalue weighted by Gasteiger charge is 2.47. The van der Waals surface area contributed by atoms with Crippen LogP contribution in [0.15, 0.2) is 181 Å². The molecule has 2 unspecified atom stereocenters. The zero-order valence-corrected chi connectivity index (χ0v) is 44.2. The van der Waals surface area contributed by atoms with Gasteiger partial charge in [0, 0.05) is 83.1 Å². The lowest BCUT2D eigenvalue weighted by molar-refractivity contribution is -0.401. The van der Waals surface area contributed by atoms with Crippen molar-refractivity contribution in [2.75, 3.05) is 52.2 Å². The first-order valence-electron chi connectivity index (χ1n) is 25.5. The Morgan fingerprint density at radius 3 is 1.26 bits per heavy atom. The van der Waals surface area contributed by atoms with Crippen LogP contribution >= 0.6 is 0 Å². The highest BCUT2D eigenvalue weighted by molar-refractivity contribution is 6.09. The van der Waals surface area contributed by atoms with E-state index in [1.807, 2.05) is 0 Å². The third kappa shape index (κ3) is 7.11. The lowest BCUT2D eigenvalue weighted by Crippen LogP contribution is -2.29. The number of rotatable bonds is 10. The minimum Gasteiger partial charge on any atom is -0.497 e. The lowest BCUT2D eigenvalue weighted by atomic mass is 9.74. The van der Waals surface area contributed by atoms with E-state index in [4.69, 9.17) is 9.47 Å². The number of anilines is 2. The van der Waals surface area contributed by atoms with Gasteiger partial charge in [0.15, 0.2) is 11.4 Å². The van der Waals surface area contributed by atoms with Crippen LogP contribution in [0.25, 0.3) is 21.5 Å². The van der Waals surface area contributed by atoms with Crippen LogP contribution in [0.2, 0.25) is 0 Å². The van der Waals surface area contributed by atoms with Crippen molar-refractivity contribution in [3.8, 4) is 11.5 Å². The second-order valence-electron chi connectivity index (χ2n) is 22.0. The van der Waals surface area contributed by atoms with Crippen LogP contribution in [-0.4, -0.2) is 63.0 Å². The van der Waals surface area contributed by atoms with Gasteiger partial charge >= 0.3 is 0 Å². The molecule has 0 saturated heterocycles. The largest absolute Gasteiger partial charge is 0.497 e. The van der Waals surface area contributed by atoms with Crippen molar-refractivity contribution >= 4 is 55.7 Å². The molecule has 72 heavy (non-hydrogen) atoms. The average molecular weight is 949 g/mol. The molecule has 0 saturated carbocycles. The highest BCUT2D eigenvalue weighted by Crippen LogP contribution is 2.53. The van der Waals surface area contributed by atoms with Gasteiger partial charge in [-0.3, -0.25) is 0 Å². The molecule has 0 bridgehead atoms. The fourth-order valence-corrected chi connectivity index (χ4v) is 13.4. The fourth-order valence-electron chi connectivity index (χ4n) is 13.4. The number of likely N-dealkylation sites (N-methyl/N-ethyl adjacent to an activating group) is 2. The van der Waals surface area contributed by atoms with Crippen molar-refractivity contribution in [2.24, 2.45) is 0 Å². The third-order valence-electron chi connectivity index (χ3n) is 17.1. The maximum atomic E-state index is 5.85. The summed E-state index contributed by atoms with van der Waals surface area (Å²) in [4.78, 5) is 4.75. The number of hydrogen-bond donors (Lipinski definition) is 0. The molecule has 7 aromatic carbocycles. The van der Waals surface area contributed by atoms with E-state index in [2.05, 4.69) is 259 Å². The molecular weight excluding hydrogens is 881 g/mol. The smallest absolute Gasteiger partial charge is 0.210 e. The third-order valence-corrected chi connectivity index (χ3v) is 17.1. The SMILES string of the molecule is COc1ccc2c(c1)C(C)(Cc1ccc(CC3(C)/C(=C/C=C/C4=[N+](C)c5ccc6ccccc6c5C4(C)C)N(C)c4ccc(OC)cc43)cc1)/C(=C/C=C/C1=[N+](C)c3ccc4ccccc4c3C1(C)C)N2C. The molecule has 7 aromatic rings. The fraction of sp³-hybridized carbons (Fsp3) is 0.273. The van der Waals surface area contributed by atoms with Crippen LogP contribution in [0, 0.1) is 0 Å². The monoisotopic (exact) mass is 949 g/mol. The molecule has 362 valence electrons. The van der Waals surface area contributed by atoms with Crippen LogP contribution < -0.4 is 19.3 Å². The van der Waals surface area contributed by atoms with E-state index in [-0.39, 0.29) is 21.7 Å². The molecule has 4 aliphatic rings. The van der Waals surface area contributed by atoms with Gasteiger partial charge in [-0.25, -0.2) is 0 Å². The van der Waals surface area contributed by atoms with E-state index in [9.17, 15) is 0 Å². The summed E-state index contributed by atoms with van der Waals surface area (Å²) in [7, 11) is 12.3. The summed E-state index contributed by atoms with van der Waals surface area (Å²) in [5.74, 6) is 1.74. The van der Waals surface area contributed by atoms with Gasteiger partial charge in [-0.15, -0.1) is 0 Å². The Bertz CT molecular complexity index is 3350. The Labute approximate surface area is 426 Å². The quantitative estimate of drug-likeness (QED) is 0.128.